The van der Waals surface area contributed by atoms with E-state index in [1.54, 1.807) is 0 Å². The van der Waals surface area contributed by atoms with Crippen molar-refractivity contribution in [2.24, 2.45) is 0 Å². The van der Waals surface area contributed by atoms with Crippen LogP contribution in [0, 0.1) is 24.1 Å². The summed E-state index contributed by atoms with van der Waals surface area (Å²) in [6, 6.07) is 0. The number of halogens is 1. The molecule has 0 saturated carbocycles. The number of ether oxygens (including phenoxy) is 2. The van der Waals surface area contributed by atoms with Crippen LogP contribution < -0.4 is 0 Å². The Kier molecular flexibility index (Phi) is 7.13. The number of rotatable bonds is 3. The van der Waals surface area contributed by atoms with E-state index in [2.05, 4.69) is 49.5 Å². The van der Waals surface area contributed by atoms with Gasteiger partial charge in [0.25, 0.3) is 0 Å². The van der Waals surface area contributed by atoms with Crippen molar-refractivity contribution >= 4 is 27.9 Å². The molecule has 0 spiro atoms. The lowest BCUT2D eigenvalue weighted by atomic mass is 10.3. The van der Waals surface area contributed by atoms with E-state index >= 15 is 0 Å². The van der Waals surface area contributed by atoms with Crippen LogP contribution in [0.25, 0.3) is 0 Å². The molecular weight excluding hydrogens is 264 g/mol. The van der Waals surface area contributed by atoms with Crippen LogP contribution in [-0.4, -0.2) is 16.8 Å². The van der Waals surface area contributed by atoms with Gasteiger partial charge in [0.2, 0.25) is 0 Å². The highest BCUT2D eigenvalue weighted by Crippen LogP contribution is 2.08. The molecule has 0 amide bonds. The molecule has 0 bridgehead atoms. The van der Waals surface area contributed by atoms with Crippen LogP contribution in [0.2, 0.25) is 0 Å². The number of hydrogen-bond acceptors (Lipinski definition) is 4. The summed E-state index contributed by atoms with van der Waals surface area (Å²) in [5, 5.41) is 0. The number of esters is 2. The maximum atomic E-state index is 11.1. The molecule has 0 aliphatic rings. The van der Waals surface area contributed by atoms with Crippen molar-refractivity contribution in [3.63, 3.8) is 0 Å². The normalized spacial score (nSPS) is 9.80. The molecule has 0 saturated heterocycles. The van der Waals surface area contributed by atoms with Crippen LogP contribution in [0.3, 0.4) is 0 Å². The molecule has 1 atom stereocenters. The van der Waals surface area contributed by atoms with Crippen molar-refractivity contribution in [2.45, 2.75) is 25.1 Å². The fourth-order valence-electron chi connectivity index (χ4n) is 0.545. The molecule has 0 aliphatic carbocycles. The van der Waals surface area contributed by atoms with Gasteiger partial charge in [-0.15, -0.1) is 0 Å². The smallest absolute Gasteiger partial charge is 0.334 e. The summed E-state index contributed by atoms with van der Waals surface area (Å²) in [5.41, 5.74) is 0. The zero-order valence-electron chi connectivity index (χ0n) is 8.30. The second kappa shape index (κ2) is 7.90. The van der Waals surface area contributed by atoms with Crippen molar-refractivity contribution in [2.75, 3.05) is 0 Å². The first-order chi connectivity index (χ1) is 7.11. The number of hydrogen-bond donors (Lipinski definition) is 0. The first kappa shape index (κ1) is 13.5. The minimum Gasteiger partial charge on any atom is -0.372 e. The lowest BCUT2D eigenvalue weighted by molar-refractivity contribution is -0.142. The van der Waals surface area contributed by atoms with Gasteiger partial charge in [-0.3, -0.25) is 4.79 Å². The Morgan fingerprint density at radius 3 is 2.27 bits per heavy atom. The summed E-state index contributed by atoms with van der Waals surface area (Å²) < 4.78 is 8.91. The molecule has 0 N–H and O–H groups in total. The van der Waals surface area contributed by atoms with Crippen molar-refractivity contribution in [3.8, 4) is 24.1 Å². The molecule has 0 aromatic heterocycles. The van der Waals surface area contributed by atoms with Gasteiger partial charge in [-0.1, -0.05) is 27.8 Å². The largest absolute Gasteiger partial charge is 0.372 e. The molecule has 15 heavy (non-hydrogen) atoms. The Labute approximate surface area is 96.4 Å². The third-order valence-corrected chi connectivity index (χ3v) is 1.82. The first-order valence-corrected chi connectivity index (χ1v) is 4.91. The summed E-state index contributed by atoms with van der Waals surface area (Å²) in [6.45, 7) is 3.06. The summed E-state index contributed by atoms with van der Waals surface area (Å²) in [7, 11) is 0. The van der Waals surface area contributed by atoms with E-state index < -0.39 is 16.8 Å². The summed E-state index contributed by atoms with van der Waals surface area (Å²) >= 11 is 2.97. The second-order valence-electron chi connectivity index (χ2n) is 2.27. The van der Waals surface area contributed by atoms with Gasteiger partial charge in [0, 0.05) is 13.8 Å². The van der Waals surface area contributed by atoms with Crippen molar-refractivity contribution < 1.29 is 19.1 Å². The van der Waals surface area contributed by atoms with Gasteiger partial charge in [-0.2, -0.15) is 0 Å². The van der Waals surface area contributed by atoms with Crippen LogP contribution in [0.15, 0.2) is 0 Å². The Bertz CT molecular complexity index is 353. The van der Waals surface area contributed by atoms with Crippen LogP contribution >= 0.6 is 15.9 Å². The SMILES string of the molecule is CC#COC(=O)CC(Br)C(=O)OC#CC. The van der Waals surface area contributed by atoms with E-state index in [9.17, 15) is 9.59 Å². The molecule has 1 unspecified atom stereocenters. The van der Waals surface area contributed by atoms with Crippen molar-refractivity contribution in [1.82, 2.24) is 0 Å². The molecule has 0 aromatic carbocycles. The van der Waals surface area contributed by atoms with E-state index in [-0.39, 0.29) is 6.42 Å². The fourth-order valence-corrected chi connectivity index (χ4v) is 0.902. The van der Waals surface area contributed by atoms with Crippen LogP contribution in [0.4, 0.5) is 0 Å². The number of carbonyl (C=O) groups excluding carboxylic acids is 2. The zero-order chi connectivity index (χ0) is 11.7. The average Bonchev–Trinajstić information content (AvgIpc) is 2.22. The molecular formula is C10H9BrO4. The van der Waals surface area contributed by atoms with E-state index in [0.29, 0.717) is 0 Å². The molecule has 5 heteroatoms. The van der Waals surface area contributed by atoms with Gasteiger partial charge in [-0.25, -0.2) is 4.79 Å². The van der Waals surface area contributed by atoms with Gasteiger partial charge in [0.1, 0.15) is 17.0 Å². The fraction of sp³-hybridized carbons (Fsp3) is 0.400. The molecule has 0 rings (SSSR count). The lowest BCUT2D eigenvalue weighted by Gasteiger charge is -2.02. The maximum absolute atomic E-state index is 11.1. The lowest BCUT2D eigenvalue weighted by Crippen LogP contribution is -2.19. The van der Waals surface area contributed by atoms with E-state index in [4.69, 9.17) is 0 Å². The highest BCUT2D eigenvalue weighted by Gasteiger charge is 2.20. The average molecular weight is 273 g/mol. The minimum atomic E-state index is -0.774. The van der Waals surface area contributed by atoms with Crippen LogP contribution in [0.5, 0.6) is 0 Å². The molecule has 0 aliphatic heterocycles. The van der Waals surface area contributed by atoms with Crippen molar-refractivity contribution in [3.05, 3.63) is 0 Å². The topological polar surface area (TPSA) is 52.6 Å². The predicted octanol–water partition coefficient (Wildman–Crippen LogP) is 1.19. The molecule has 0 heterocycles. The number of carbonyl (C=O) groups is 2. The highest BCUT2D eigenvalue weighted by atomic mass is 79.9. The third-order valence-electron chi connectivity index (χ3n) is 1.12. The minimum absolute atomic E-state index is 0.154. The Hall–Kier alpha value is -1.46. The summed E-state index contributed by atoms with van der Waals surface area (Å²) in [6.07, 6.45) is 4.12. The molecule has 4 nitrogen and oxygen atoms in total. The van der Waals surface area contributed by atoms with Crippen LogP contribution in [-0.2, 0) is 19.1 Å². The Morgan fingerprint density at radius 2 is 1.73 bits per heavy atom. The Balaban J connectivity index is 4.02. The van der Waals surface area contributed by atoms with Crippen LogP contribution in [0.1, 0.15) is 20.3 Å². The molecule has 80 valence electrons. The summed E-state index contributed by atoms with van der Waals surface area (Å²) in [4.78, 5) is 21.3. The third kappa shape index (κ3) is 6.59. The van der Waals surface area contributed by atoms with Gasteiger partial charge in [0.05, 0.1) is 6.42 Å². The zero-order valence-corrected chi connectivity index (χ0v) is 9.88. The first-order valence-electron chi connectivity index (χ1n) is 3.99. The van der Waals surface area contributed by atoms with E-state index in [1.165, 1.54) is 13.8 Å². The summed E-state index contributed by atoms with van der Waals surface area (Å²) in [5.74, 6) is 3.54. The monoisotopic (exact) mass is 272 g/mol. The van der Waals surface area contributed by atoms with Gasteiger partial charge in [-0.05, 0) is 0 Å². The Morgan fingerprint density at radius 1 is 1.20 bits per heavy atom. The van der Waals surface area contributed by atoms with Gasteiger partial charge >= 0.3 is 11.9 Å². The maximum Gasteiger partial charge on any atom is 0.334 e. The molecule has 0 radical (unpaired) electrons. The van der Waals surface area contributed by atoms with E-state index in [0.717, 1.165) is 0 Å². The van der Waals surface area contributed by atoms with Gasteiger partial charge < -0.3 is 9.47 Å². The van der Waals surface area contributed by atoms with E-state index in [1.807, 2.05) is 0 Å². The number of alkyl halides is 1. The molecule has 0 aromatic rings. The second-order valence-corrected chi connectivity index (χ2v) is 3.38. The molecule has 0 fully saturated rings. The van der Waals surface area contributed by atoms with Crippen molar-refractivity contribution in [1.29, 1.82) is 0 Å². The predicted molar refractivity (Wildman–Crippen MR) is 56.4 cm³/mol. The highest BCUT2D eigenvalue weighted by molar-refractivity contribution is 9.10. The standard InChI is InChI=1S/C10H9BrO4/c1-3-5-14-9(12)7-8(11)10(13)15-6-4-2/h8H,7H2,1-2H3. The van der Waals surface area contributed by atoms with Gasteiger partial charge in [0.15, 0.2) is 0 Å². The quantitative estimate of drug-likeness (QED) is 0.440.